The molecule has 0 radical (unpaired) electrons. The van der Waals surface area contributed by atoms with E-state index in [4.69, 9.17) is 16.4 Å². The minimum Gasteiger partial charge on any atom is -0.370 e. The van der Waals surface area contributed by atoms with E-state index in [-0.39, 0.29) is 10.5 Å². The summed E-state index contributed by atoms with van der Waals surface area (Å²) in [4.78, 5) is 19.0. The number of aromatic nitrogens is 4. The van der Waals surface area contributed by atoms with E-state index in [0.717, 1.165) is 60.9 Å². The van der Waals surface area contributed by atoms with E-state index in [1.807, 2.05) is 48.8 Å². The van der Waals surface area contributed by atoms with Gasteiger partial charge >= 0.3 is 0 Å². The first-order chi connectivity index (χ1) is 17.0. The zero-order valence-electron chi connectivity index (χ0n) is 19.1. The summed E-state index contributed by atoms with van der Waals surface area (Å²) in [6, 6.07) is 11.9. The molecule has 3 N–H and O–H groups in total. The number of nitrogens with one attached hydrogen (secondary N) is 3. The molecule has 10 heteroatoms. The molecule has 1 atom stereocenters. The van der Waals surface area contributed by atoms with Crippen LogP contribution in [0.2, 0.25) is 5.02 Å². The van der Waals surface area contributed by atoms with Gasteiger partial charge in [-0.2, -0.15) is 0 Å². The summed E-state index contributed by atoms with van der Waals surface area (Å²) in [6.07, 6.45) is 8.85. The van der Waals surface area contributed by atoms with Crippen LogP contribution in [0.5, 0.6) is 0 Å². The number of fused-ring (bicyclic) bond motifs is 1. The number of rotatable bonds is 6. The van der Waals surface area contributed by atoms with Gasteiger partial charge in [-0.05, 0) is 43.9 Å². The fourth-order valence-corrected chi connectivity index (χ4v) is 7.28. The first-order valence-corrected chi connectivity index (χ1v) is 13.9. The topological polar surface area (TPSA) is 111 Å². The Balaban J connectivity index is 1.15. The SMILES string of the molecule is N=S(=O)(C1CC1)C1CCN(c2ccc(Nc3ncc(Cl)c(-c4c[nH]c5ccccc45)n3)nc2)CC1. The highest BCUT2D eigenvalue weighted by Gasteiger charge is 2.39. The van der Waals surface area contributed by atoms with Crippen molar-refractivity contribution in [1.29, 1.82) is 4.78 Å². The van der Waals surface area contributed by atoms with Crippen LogP contribution < -0.4 is 10.2 Å². The lowest BCUT2D eigenvalue weighted by molar-refractivity contribution is 0.564. The Bertz CT molecular complexity index is 1470. The van der Waals surface area contributed by atoms with E-state index >= 15 is 0 Å². The van der Waals surface area contributed by atoms with Crippen LogP contribution in [0.3, 0.4) is 0 Å². The molecule has 1 aliphatic carbocycles. The molecule has 0 spiro atoms. The fourth-order valence-electron chi connectivity index (χ4n) is 4.80. The largest absolute Gasteiger partial charge is 0.370 e. The molecule has 35 heavy (non-hydrogen) atoms. The second-order valence-corrected chi connectivity index (χ2v) is 12.2. The standard InChI is InChI=1S/C25H26ClN7OS/c26-21-15-30-25(32-24(21)20-14-28-22-4-2-1-3-19(20)22)31-23-8-5-16(13-29-23)33-11-9-18(10-12-33)35(27,34)17-6-7-17/h1-5,8,13-15,17-18,27-28H,6-7,9-12H2,(H,29,30,31,32). The molecule has 8 nitrogen and oxygen atoms in total. The zero-order valence-corrected chi connectivity index (χ0v) is 20.6. The van der Waals surface area contributed by atoms with E-state index in [1.54, 1.807) is 6.20 Å². The van der Waals surface area contributed by atoms with Gasteiger partial charge in [0.1, 0.15) is 5.82 Å². The summed E-state index contributed by atoms with van der Waals surface area (Å²) in [6.45, 7) is 1.60. The van der Waals surface area contributed by atoms with E-state index in [1.165, 1.54) is 0 Å². The van der Waals surface area contributed by atoms with Gasteiger partial charge in [-0.15, -0.1) is 0 Å². The summed E-state index contributed by atoms with van der Waals surface area (Å²) in [7, 11) is -2.45. The van der Waals surface area contributed by atoms with Crippen molar-refractivity contribution in [2.45, 2.75) is 36.2 Å². The van der Waals surface area contributed by atoms with Crippen molar-refractivity contribution < 1.29 is 4.21 Å². The maximum atomic E-state index is 12.8. The molecule has 180 valence electrons. The van der Waals surface area contributed by atoms with Crippen molar-refractivity contribution in [2.24, 2.45) is 0 Å². The normalized spacial score (nSPS) is 18.5. The summed E-state index contributed by atoms with van der Waals surface area (Å²) in [5, 5.41) is 4.86. The maximum Gasteiger partial charge on any atom is 0.228 e. The highest BCUT2D eigenvalue weighted by Crippen LogP contribution is 2.36. The van der Waals surface area contributed by atoms with Gasteiger partial charge in [-0.3, -0.25) is 4.78 Å². The number of aromatic amines is 1. The number of hydrogen-bond acceptors (Lipinski definition) is 7. The molecule has 1 aromatic carbocycles. The third-order valence-electron chi connectivity index (χ3n) is 6.90. The highest BCUT2D eigenvalue weighted by molar-refractivity contribution is 7.93. The third-order valence-corrected chi connectivity index (χ3v) is 10.1. The maximum absolute atomic E-state index is 12.8. The summed E-state index contributed by atoms with van der Waals surface area (Å²) >= 11 is 6.44. The molecular weight excluding hydrogens is 482 g/mol. The number of benzene rings is 1. The summed E-state index contributed by atoms with van der Waals surface area (Å²) < 4.78 is 21.1. The number of H-pyrrole nitrogens is 1. The molecule has 2 aliphatic rings. The number of nitrogens with zero attached hydrogens (tertiary/aromatic N) is 4. The molecule has 1 saturated carbocycles. The molecule has 3 aromatic heterocycles. The van der Waals surface area contributed by atoms with Gasteiger partial charge in [0.15, 0.2) is 0 Å². The fraction of sp³-hybridized carbons (Fsp3) is 0.320. The lowest BCUT2D eigenvalue weighted by Gasteiger charge is -2.34. The smallest absolute Gasteiger partial charge is 0.228 e. The van der Waals surface area contributed by atoms with Gasteiger partial charge in [-0.25, -0.2) is 19.2 Å². The predicted octanol–water partition coefficient (Wildman–Crippen LogP) is 5.59. The van der Waals surface area contributed by atoms with Crippen LogP contribution in [-0.4, -0.2) is 47.7 Å². The van der Waals surface area contributed by atoms with Crippen LogP contribution in [-0.2, 0) is 9.73 Å². The average molecular weight is 508 g/mol. The van der Waals surface area contributed by atoms with Crippen LogP contribution >= 0.6 is 11.6 Å². The second-order valence-electron chi connectivity index (χ2n) is 9.20. The third kappa shape index (κ3) is 4.34. The first-order valence-electron chi connectivity index (χ1n) is 11.8. The van der Waals surface area contributed by atoms with Crippen molar-refractivity contribution >= 4 is 49.7 Å². The van der Waals surface area contributed by atoms with Gasteiger partial charge in [0.25, 0.3) is 0 Å². The Kier molecular flexibility index (Phi) is 5.61. The molecule has 1 unspecified atom stereocenters. The molecule has 0 bridgehead atoms. The van der Waals surface area contributed by atoms with Crippen LogP contribution in [0.25, 0.3) is 22.2 Å². The first kappa shape index (κ1) is 22.3. The Morgan fingerprint density at radius 1 is 1.03 bits per heavy atom. The Morgan fingerprint density at radius 3 is 2.54 bits per heavy atom. The van der Waals surface area contributed by atoms with Gasteiger partial charge in [0.05, 0.1) is 38.5 Å². The van der Waals surface area contributed by atoms with Crippen LogP contribution in [0, 0.1) is 4.78 Å². The lowest BCUT2D eigenvalue weighted by atomic mass is 10.1. The molecule has 4 aromatic rings. The van der Waals surface area contributed by atoms with Crippen molar-refractivity contribution in [3.05, 3.63) is 60.0 Å². The van der Waals surface area contributed by atoms with E-state index in [9.17, 15) is 4.21 Å². The van der Waals surface area contributed by atoms with Gasteiger partial charge in [-0.1, -0.05) is 29.8 Å². The molecule has 6 rings (SSSR count). The number of para-hydroxylation sites is 1. The molecule has 4 heterocycles. The lowest BCUT2D eigenvalue weighted by Crippen LogP contribution is -2.40. The monoisotopic (exact) mass is 507 g/mol. The summed E-state index contributed by atoms with van der Waals surface area (Å²) in [5.74, 6) is 1.06. The van der Waals surface area contributed by atoms with Gasteiger partial charge in [0.2, 0.25) is 5.95 Å². The Labute approximate surface area is 209 Å². The molecule has 2 fully saturated rings. The van der Waals surface area contributed by atoms with Crippen LogP contribution in [0.15, 0.2) is 55.0 Å². The van der Waals surface area contributed by atoms with E-state index < -0.39 is 9.73 Å². The van der Waals surface area contributed by atoms with Gasteiger partial charge < -0.3 is 15.2 Å². The summed E-state index contributed by atoms with van der Waals surface area (Å²) in [5.41, 5.74) is 3.61. The number of piperidine rings is 1. The van der Waals surface area contributed by atoms with Crippen molar-refractivity contribution in [3.8, 4) is 11.3 Å². The minimum absolute atomic E-state index is 0.0218. The molecule has 0 amide bonds. The van der Waals surface area contributed by atoms with Crippen molar-refractivity contribution in [1.82, 2.24) is 19.9 Å². The number of anilines is 3. The van der Waals surface area contributed by atoms with Crippen molar-refractivity contribution in [3.63, 3.8) is 0 Å². The predicted molar refractivity (Wildman–Crippen MR) is 141 cm³/mol. The van der Waals surface area contributed by atoms with Crippen LogP contribution in [0.4, 0.5) is 17.5 Å². The molecule has 1 aliphatic heterocycles. The quantitative estimate of drug-likeness (QED) is 0.313. The van der Waals surface area contributed by atoms with Gasteiger partial charge in [0, 0.05) is 46.3 Å². The second kappa shape index (κ2) is 8.80. The zero-order chi connectivity index (χ0) is 24.0. The molecular formula is C25H26ClN7OS. The molecule has 1 saturated heterocycles. The van der Waals surface area contributed by atoms with E-state index in [2.05, 4.69) is 30.2 Å². The Hall–Kier alpha value is -3.17. The number of halogens is 1. The van der Waals surface area contributed by atoms with Crippen LogP contribution in [0.1, 0.15) is 25.7 Å². The minimum atomic E-state index is -2.45. The number of hydrogen-bond donors (Lipinski definition) is 3. The van der Waals surface area contributed by atoms with Crippen molar-refractivity contribution in [2.75, 3.05) is 23.3 Å². The Morgan fingerprint density at radius 2 is 1.80 bits per heavy atom. The number of pyridine rings is 1. The highest BCUT2D eigenvalue weighted by atomic mass is 35.5. The van der Waals surface area contributed by atoms with E-state index in [0.29, 0.717) is 22.5 Å². The average Bonchev–Trinajstić information content (AvgIpc) is 3.67.